The third kappa shape index (κ3) is 4.06. The molecule has 0 bridgehead atoms. The topological polar surface area (TPSA) is 32.3 Å². The molecule has 1 aromatic carbocycles. The average Bonchev–Trinajstić information content (AvgIpc) is 2.19. The molecule has 0 aliphatic carbocycles. The van der Waals surface area contributed by atoms with Gasteiger partial charge in [0.25, 0.3) is 0 Å². The Hall–Kier alpha value is -0.860. The lowest BCUT2D eigenvalue weighted by atomic mass is 10.1. The van der Waals surface area contributed by atoms with Crippen molar-refractivity contribution in [2.24, 2.45) is 0 Å². The fourth-order valence-corrected chi connectivity index (χ4v) is 1.29. The maximum atomic E-state index is 9.22. The number of hydrogen-bond acceptors (Lipinski definition) is 2. The van der Waals surface area contributed by atoms with Gasteiger partial charge in [-0.2, -0.15) is 0 Å². The van der Waals surface area contributed by atoms with Crippen LogP contribution in [0.25, 0.3) is 0 Å². The zero-order chi connectivity index (χ0) is 9.52. The van der Waals surface area contributed by atoms with E-state index in [0.29, 0.717) is 0 Å². The second-order valence-electron chi connectivity index (χ2n) is 3.18. The Morgan fingerprint density at radius 3 is 2.62 bits per heavy atom. The van der Waals surface area contributed by atoms with Gasteiger partial charge in [-0.1, -0.05) is 30.3 Å². The van der Waals surface area contributed by atoms with Crippen molar-refractivity contribution in [1.82, 2.24) is 5.32 Å². The van der Waals surface area contributed by atoms with Crippen molar-refractivity contribution in [3.63, 3.8) is 0 Å². The molecule has 0 spiro atoms. The first-order chi connectivity index (χ1) is 6.33. The number of aliphatic hydroxyl groups excluding tert-OH is 1. The molecule has 1 unspecified atom stereocenters. The summed E-state index contributed by atoms with van der Waals surface area (Å²) >= 11 is 0. The summed E-state index contributed by atoms with van der Waals surface area (Å²) in [5.41, 5.74) is 1.34. The molecule has 13 heavy (non-hydrogen) atoms. The molecule has 0 heterocycles. The fourth-order valence-electron chi connectivity index (χ4n) is 1.29. The van der Waals surface area contributed by atoms with Crippen LogP contribution in [0.5, 0.6) is 0 Å². The molecule has 1 atom stereocenters. The molecular formula is C11H17NO. The molecule has 0 fully saturated rings. The van der Waals surface area contributed by atoms with Gasteiger partial charge in [0.1, 0.15) is 6.23 Å². The van der Waals surface area contributed by atoms with Gasteiger partial charge in [-0.05, 0) is 31.9 Å². The Balaban J connectivity index is 2.20. The first kappa shape index (κ1) is 10.2. The van der Waals surface area contributed by atoms with Gasteiger partial charge in [0.15, 0.2) is 0 Å². The molecule has 0 aliphatic heterocycles. The SMILES string of the molecule is CNC(O)CCCc1ccccc1. The Kier molecular flexibility index (Phi) is 4.50. The molecule has 0 radical (unpaired) electrons. The summed E-state index contributed by atoms with van der Waals surface area (Å²) in [6, 6.07) is 10.3. The quantitative estimate of drug-likeness (QED) is 0.672. The maximum absolute atomic E-state index is 9.22. The smallest absolute Gasteiger partial charge is 0.104 e. The number of benzene rings is 1. The Morgan fingerprint density at radius 1 is 1.31 bits per heavy atom. The van der Waals surface area contributed by atoms with E-state index in [1.54, 1.807) is 7.05 Å². The minimum Gasteiger partial charge on any atom is -0.379 e. The first-order valence-corrected chi connectivity index (χ1v) is 4.72. The van der Waals surface area contributed by atoms with E-state index in [1.165, 1.54) is 5.56 Å². The second-order valence-corrected chi connectivity index (χ2v) is 3.18. The third-order valence-electron chi connectivity index (χ3n) is 2.12. The zero-order valence-electron chi connectivity index (χ0n) is 8.03. The summed E-state index contributed by atoms with van der Waals surface area (Å²) in [6.07, 6.45) is 2.51. The third-order valence-corrected chi connectivity index (χ3v) is 2.12. The van der Waals surface area contributed by atoms with Crippen LogP contribution in [-0.2, 0) is 6.42 Å². The lowest BCUT2D eigenvalue weighted by Gasteiger charge is -2.08. The van der Waals surface area contributed by atoms with Crippen LogP contribution in [-0.4, -0.2) is 18.4 Å². The van der Waals surface area contributed by atoms with Gasteiger partial charge in [-0.3, -0.25) is 5.32 Å². The lowest BCUT2D eigenvalue weighted by molar-refractivity contribution is 0.135. The summed E-state index contributed by atoms with van der Waals surface area (Å²) in [6.45, 7) is 0. The molecule has 2 heteroatoms. The van der Waals surface area contributed by atoms with E-state index in [2.05, 4.69) is 17.4 Å². The van der Waals surface area contributed by atoms with Gasteiger partial charge in [0, 0.05) is 0 Å². The summed E-state index contributed by atoms with van der Waals surface area (Å²) in [4.78, 5) is 0. The van der Waals surface area contributed by atoms with Crippen molar-refractivity contribution in [3.05, 3.63) is 35.9 Å². The van der Waals surface area contributed by atoms with Crippen molar-refractivity contribution >= 4 is 0 Å². The van der Waals surface area contributed by atoms with Crippen molar-refractivity contribution in [1.29, 1.82) is 0 Å². The largest absolute Gasteiger partial charge is 0.379 e. The minimum atomic E-state index is -0.358. The highest BCUT2D eigenvalue weighted by molar-refractivity contribution is 5.14. The summed E-state index contributed by atoms with van der Waals surface area (Å²) < 4.78 is 0. The van der Waals surface area contributed by atoms with E-state index in [0.717, 1.165) is 19.3 Å². The highest BCUT2D eigenvalue weighted by Crippen LogP contribution is 2.05. The number of aryl methyl sites for hydroxylation is 1. The van der Waals surface area contributed by atoms with Gasteiger partial charge in [0.2, 0.25) is 0 Å². The van der Waals surface area contributed by atoms with Crippen LogP contribution in [0.2, 0.25) is 0 Å². The lowest BCUT2D eigenvalue weighted by Crippen LogP contribution is -2.24. The molecular weight excluding hydrogens is 162 g/mol. The van der Waals surface area contributed by atoms with Gasteiger partial charge < -0.3 is 5.11 Å². The molecule has 2 N–H and O–H groups in total. The molecule has 0 saturated carbocycles. The monoisotopic (exact) mass is 179 g/mol. The highest BCUT2D eigenvalue weighted by Gasteiger charge is 1.99. The summed E-state index contributed by atoms with van der Waals surface area (Å²) in [5.74, 6) is 0. The molecule has 0 aliphatic rings. The molecule has 2 nitrogen and oxygen atoms in total. The van der Waals surface area contributed by atoms with Crippen molar-refractivity contribution in [3.8, 4) is 0 Å². The fraction of sp³-hybridized carbons (Fsp3) is 0.455. The van der Waals surface area contributed by atoms with E-state index >= 15 is 0 Å². The Labute approximate surface area is 79.6 Å². The molecule has 0 amide bonds. The molecule has 72 valence electrons. The number of aliphatic hydroxyl groups is 1. The normalized spacial score (nSPS) is 12.8. The summed E-state index contributed by atoms with van der Waals surface area (Å²) in [7, 11) is 1.77. The molecule has 0 aromatic heterocycles. The van der Waals surface area contributed by atoms with Gasteiger partial charge in [-0.25, -0.2) is 0 Å². The van der Waals surface area contributed by atoms with Gasteiger partial charge >= 0.3 is 0 Å². The van der Waals surface area contributed by atoms with E-state index in [1.807, 2.05) is 18.2 Å². The standard InChI is InChI=1S/C11H17NO/c1-12-11(13)9-5-8-10-6-3-2-4-7-10/h2-4,6-7,11-13H,5,8-9H2,1H3. The zero-order valence-corrected chi connectivity index (χ0v) is 8.03. The summed E-state index contributed by atoms with van der Waals surface area (Å²) in [5, 5.41) is 12.0. The highest BCUT2D eigenvalue weighted by atomic mass is 16.3. The van der Waals surface area contributed by atoms with Crippen LogP contribution in [0.4, 0.5) is 0 Å². The first-order valence-electron chi connectivity index (χ1n) is 4.72. The van der Waals surface area contributed by atoms with Crippen LogP contribution in [0.3, 0.4) is 0 Å². The molecule has 0 saturated heterocycles. The van der Waals surface area contributed by atoms with Crippen LogP contribution in [0.15, 0.2) is 30.3 Å². The van der Waals surface area contributed by atoms with Gasteiger partial charge in [0.05, 0.1) is 0 Å². The predicted molar refractivity (Wildman–Crippen MR) is 54.4 cm³/mol. The number of rotatable bonds is 5. The molecule has 1 aromatic rings. The predicted octanol–water partition coefficient (Wildman–Crippen LogP) is 1.55. The minimum absolute atomic E-state index is 0.358. The van der Waals surface area contributed by atoms with Crippen LogP contribution in [0, 0.1) is 0 Å². The maximum Gasteiger partial charge on any atom is 0.104 e. The Morgan fingerprint density at radius 2 is 2.00 bits per heavy atom. The van der Waals surface area contributed by atoms with Crippen molar-refractivity contribution < 1.29 is 5.11 Å². The van der Waals surface area contributed by atoms with E-state index in [4.69, 9.17) is 0 Å². The van der Waals surface area contributed by atoms with E-state index < -0.39 is 0 Å². The number of hydrogen-bond donors (Lipinski definition) is 2. The number of nitrogens with one attached hydrogen (secondary N) is 1. The van der Waals surface area contributed by atoms with Crippen LogP contribution < -0.4 is 5.32 Å². The van der Waals surface area contributed by atoms with Crippen molar-refractivity contribution in [2.45, 2.75) is 25.5 Å². The van der Waals surface area contributed by atoms with E-state index in [9.17, 15) is 5.11 Å². The average molecular weight is 179 g/mol. The second kappa shape index (κ2) is 5.73. The van der Waals surface area contributed by atoms with Crippen molar-refractivity contribution in [2.75, 3.05) is 7.05 Å². The van der Waals surface area contributed by atoms with Crippen LogP contribution in [0.1, 0.15) is 18.4 Å². The van der Waals surface area contributed by atoms with Crippen LogP contribution >= 0.6 is 0 Å². The molecule has 1 rings (SSSR count). The van der Waals surface area contributed by atoms with E-state index in [-0.39, 0.29) is 6.23 Å². The van der Waals surface area contributed by atoms with Gasteiger partial charge in [-0.15, -0.1) is 0 Å². The Bertz CT molecular complexity index is 223.